The summed E-state index contributed by atoms with van der Waals surface area (Å²) in [7, 11) is 0. The topological polar surface area (TPSA) is 85.9 Å². The third-order valence-electron chi connectivity index (χ3n) is 3.48. The van der Waals surface area contributed by atoms with Gasteiger partial charge in [-0.1, -0.05) is 18.2 Å². The minimum Gasteiger partial charge on any atom is -0.492 e. The van der Waals surface area contributed by atoms with Crippen molar-refractivity contribution in [2.24, 2.45) is 0 Å². The Hall–Kier alpha value is -3.22. The van der Waals surface area contributed by atoms with E-state index in [2.05, 4.69) is 10.6 Å². The van der Waals surface area contributed by atoms with Crippen LogP contribution in [0.3, 0.4) is 0 Å². The number of ether oxygens (including phenoxy) is 3. The van der Waals surface area contributed by atoms with Crippen molar-refractivity contribution in [1.29, 1.82) is 0 Å². The summed E-state index contributed by atoms with van der Waals surface area (Å²) in [5.41, 5.74) is 0.407. The highest BCUT2D eigenvalue weighted by molar-refractivity contribution is 5.97. The summed E-state index contributed by atoms with van der Waals surface area (Å²) in [4.78, 5) is 23.8. The smallest absolute Gasteiger partial charge is 0.251 e. The van der Waals surface area contributed by atoms with Crippen LogP contribution < -0.4 is 24.8 Å². The number of benzene rings is 2. The molecule has 7 nitrogen and oxygen atoms in total. The van der Waals surface area contributed by atoms with Gasteiger partial charge in [0, 0.05) is 5.56 Å². The van der Waals surface area contributed by atoms with E-state index in [1.54, 1.807) is 18.2 Å². The van der Waals surface area contributed by atoms with E-state index in [9.17, 15) is 9.59 Å². The van der Waals surface area contributed by atoms with Crippen LogP contribution in [0, 0.1) is 0 Å². The molecule has 0 aliphatic carbocycles. The van der Waals surface area contributed by atoms with E-state index in [4.69, 9.17) is 14.2 Å². The number of hydrogen-bond donors (Lipinski definition) is 2. The number of fused-ring (bicyclic) bond motifs is 1. The van der Waals surface area contributed by atoms with Crippen molar-refractivity contribution in [3.05, 3.63) is 54.1 Å². The van der Waals surface area contributed by atoms with Crippen LogP contribution in [0.15, 0.2) is 48.5 Å². The Bertz CT molecular complexity index is 748. The van der Waals surface area contributed by atoms with E-state index in [1.807, 2.05) is 30.3 Å². The van der Waals surface area contributed by atoms with Gasteiger partial charge in [-0.05, 0) is 30.3 Å². The van der Waals surface area contributed by atoms with E-state index < -0.39 is 0 Å². The van der Waals surface area contributed by atoms with Gasteiger partial charge in [-0.15, -0.1) is 0 Å². The Morgan fingerprint density at radius 3 is 2.64 bits per heavy atom. The average molecular weight is 342 g/mol. The lowest BCUT2D eigenvalue weighted by Gasteiger charge is -2.09. The number of hydrogen-bond acceptors (Lipinski definition) is 5. The van der Waals surface area contributed by atoms with Gasteiger partial charge in [-0.3, -0.25) is 9.59 Å². The van der Waals surface area contributed by atoms with E-state index in [0.717, 1.165) is 5.75 Å². The van der Waals surface area contributed by atoms with Gasteiger partial charge in [0.2, 0.25) is 12.7 Å². The fourth-order valence-electron chi connectivity index (χ4n) is 2.24. The summed E-state index contributed by atoms with van der Waals surface area (Å²) in [5, 5.41) is 5.24. The monoisotopic (exact) mass is 342 g/mol. The summed E-state index contributed by atoms with van der Waals surface area (Å²) in [5.74, 6) is 1.23. The highest BCUT2D eigenvalue weighted by atomic mass is 16.7. The van der Waals surface area contributed by atoms with Crippen molar-refractivity contribution in [1.82, 2.24) is 10.6 Å². The molecule has 1 aliphatic heterocycles. The van der Waals surface area contributed by atoms with Gasteiger partial charge < -0.3 is 24.8 Å². The molecule has 1 aliphatic rings. The van der Waals surface area contributed by atoms with Crippen molar-refractivity contribution in [3.63, 3.8) is 0 Å². The molecule has 0 saturated carbocycles. The Kier molecular flexibility index (Phi) is 5.36. The molecule has 2 aromatic carbocycles. The Balaban J connectivity index is 1.36. The molecule has 0 bridgehead atoms. The summed E-state index contributed by atoms with van der Waals surface area (Å²) < 4.78 is 15.9. The molecule has 3 rings (SSSR count). The number of nitrogens with one attached hydrogen (secondary N) is 2. The fraction of sp³-hybridized carbons (Fsp3) is 0.222. The molecule has 2 N–H and O–H groups in total. The highest BCUT2D eigenvalue weighted by Gasteiger charge is 2.16. The van der Waals surface area contributed by atoms with E-state index in [0.29, 0.717) is 30.2 Å². The average Bonchev–Trinajstić information content (AvgIpc) is 3.12. The maximum atomic E-state index is 12.1. The van der Waals surface area contributed by atoms with Gasteiger partial charge in [0.15, 0.2) is 11.5 Å². The number of amides is 2. The molecule has 130 valence electrons. The van der Waals surface area contributed by atoms with Crippen LogP contribution in [0.2, 0.25) is 0 Å². The van der Waals surface area contributed by atoms with Gasteiger partial charge >= 0.3 is 0 Å². The van der Waals surface area contributed by atoms with Crippen molar-refractivity contribution < 1.29 is 23.8 Å². The van der Waals surface area contributed by atoms with Gasteiger partial charge in [0.1, 0.15) is 12.4 Å². The van der Waals surface area contributed by atoms with E-state index in [1.165, 1.54) is 0 Å². The SMILES string of the molecule is O=C(CNC(=O)c1ccc2c(c1)OCO2)NCCOc1ccccc1. The predicted molar refractivity (Wildman–Crippen MR) is 89.8 cm³/mol. The second kappa shape index (κ2) is 8.05. The molecule has 25 heavy (non-hydrogen) atoms. The van der Waals surface area contributed by atoms with Crippen LogP contribution in [-0.2, 0) is 4.79 Å². The lowest BCUT2D eigenvalue weighted by atomic mass is 10.2. The zero-order chi connectivity index (χ0) is 17.5. The lowest BCUT2D eigenvalue weighted by molar-refractivity contribution is -0.120. The van der Waals surface area contributed by atoms with E-state index in [-0.39, 0.29) is 25.2 Å². The first kappa shape index (κ1) is 16.6. The number of para-hydroxylation sites is 1. The van der Waals surface area contributed by atoms with Crippen LogP contribution in [0.1, 0.15) is 10.4 Å². The van der Waals surface area contributed by atoms with Crippen molar-refractivity contribution in [3.8, 4) is 17.2 Å². The number of carbonyl (C=O) groups excluding carboxylic acids is 2. The third kappa shape index (κ3) is 4.63. The molecule has 1 heterocycles. The summed E-state index contributed by atoms with van der Waals surface area (Å²) in [6, 6.07) is 14.2. The second-order valence-corrected chi connectivity index (χ2v) is 5.26. The molecule has 0 fully saturated rings. The van der Waals surface area contributed by atoms with Gasteiger partial charge in [0.05, 0.1) is 13.1 Å². The largest absolute Gasteiger partial charge is 0.492 e. The first-order chi connectivity index (χ1) is 12.2. The standard InChI is InChI=1S/C18H18N2O5/c21-17(19-8-9-23-14-4-2-1-3-5-14)11-20-18(22)13-6-7-15-16(10-13)25-12-24-15/h1-7,10H,8-9,11-12H2,(H,19,21)(H,20,22). The second-order valence-electron chi connectivity index (χ2n) is 5.26. The van der Waals surface area contributed by atoms with Gasteiger partial charge in [-0.25, -0.2) is 0 Å². The van der Waals surface area contributed by atoms with Crippen LogP contribution >= 0.6 is 0 Å². The molecular formula is C18H18N2O5. The maximum absolute atomic E-state index is 12.1. The van der Waals surface area contributed by atoms with Crippen LogP contribution in [0.25, 0.3) is 0 Å². The Labute approximate surface area is 144 Å². The minimum atomic E-state index is -0.353. The van der Waals surface area contributed by atoms with Crippen LogP contribution in [0.4, 0.5) is 0 Å². The molecule has 2 amide bonds. The predicted octanol–water partition coefficient (Wildman–Crippen LogP) is 1.34. The third-order valence-corrected chi connectivity index (χ3v) is 3.48. The Morgan fingerprint density at radius 2 is 1.80 bits per heavy atom. The first-order valence-electron chi connectivity index (χ1n) is 7.85. The molecule has 0 atom stereocenters. The minimum absolute atomic E-state index is 0.112. The molecule has 0 saturated heterocycles. The van der Waals surface area contributed by atoms with Crippen LogP contribution in [-0.4, -0.2) is 38.3 Å². The molecular weight excluding hydrogens is 324 g/mol. The maximum Gasteiger partial charge on any atom is 0.251 e. The molecule has 0 spiro atoms. The molecule has 2 aromatic rings. The Morgan fingerprint density at radius 1 is 1.00 bits per heavy atom. The zero-order valence-corrected chi connectivity index (χ0v) is 13.5. The van der Waals surface area contributed by atoms with Crippen molar-refractivity contribution >= 4 is 11.8 Å². The quantitative estimate of drug-likeness (QED) is 0.742. The number of rotatable bonds is 7. The summed E-state index contributed by atoms with van der Waals surface area (Å²) in [6.45, 7) is 0.742. The molecule has 0 radical (unpaired) electrons. The normalized spacial score (nSPS) is 11.7. The van der Waals surface area contributed by atoms with Crippen molar-refractivity contribution in [2.45, 2.75) is 0 Å². The molecule has 0 unspecified atom stereocenters. The first-order valence-corrected chi connectivity index (χ1v) is 7.85. The highest BCUT2D eigenvalue weighted by Crippen LogP contribution is 2.32. The molecule has 7 heteroatoms. The van der Waals surface area contributed by atoms with Crippen molar-refractivity contribution in [2.75, 3.05) is 26.5 Å². The summed E-state index contributed by atoms with van der Waals surface area (Å²) in [6.07, 6.45) is 0. The van der Waals surface area contributed by atoms with Gasteiger partial charge in [-0.2, -0.15) is 0 Å². The summed E-state index contributed by atoms with van der Waals surface area (Å²) >= 11 is 0. The number of carbonyl (C=O) groups is 2. The zero-order valence-electron chi connectivity index (χ0n) is 13.5. The lowest BCUT2D eigenvalue weighted by Crippen LogP contribution is -2.38. The van der Waals surface area contributed by atoms with Gasteiger partial charge in [0.25, 0.3) is 5.91 Å². The molecule has 0 aromatic heterocycles. The fourth-order valence-corrected chi connectivity index (χ4v) is 2.24. The van der Waals surface area contributed by atoms with Crippen LogP contribution in [0.5, 0.6) is 17.2 Å². The van der Waals surface area contributed by atoms with E-state index >= 15 is 0 Å².